The number of thiocarbonyl (C=S) groups is 1. The van der Waals surface area contributed by atoms with E-state index >= 15 is 0 Å². The molecule has 2 heterocycles. The molecule has 1 N–H and O–H groups in total. The maximum Gasteiger partial charge on any atom is 0.417 e. The molecule has 2 aromatic rings. The van der Waals surface area contributed by atoms with Gasteiger partial charge in [0.05, 0.1) is 36.1 Å². The Morgan fingerprint density at radius 2 is 1.89 bits per heavy atom. The normalized spacial score (nSPS) is 22.0. The summed E-state index contributed by atoms with van der Waals surface area (Å²) in [6, 6.07) is 8.19. The number of aliphatic hydroxyl groups excluding tert-OH is 1. The molecule has 2 fully saturated rings. The van der Waals surface area contributed by atoms with Crippen LogP contribution >= 0.6 is 12.2 Å². The lowest BCUT2D eigenvalue weighted by molar-refractivity contribution is -0.137. The second-order valence-corrected chi connectivity index (χ2v) is 8.90. The van der Waals surface area contributed by atoms with E-state index in [4.69, 9.17) is 27.0 Å². The monoisotopic (exact) mass is 509 g/mol. The van der Waals surface area contributed by atoms with E-state index in [0.29, 0.717) is 6.07 Å². The zero-order chi connectivity index (χ0) is 25.7. The first-order chi connectivity index (χ1) is 16.4. The number of anilines is 2. The highest BCUT2D eigenvalue weighted by molar-refractivity contribution is 7.81. The number of carbonyl (C=O) groups excluding carboxylic acids is 1. The van der Waals surface area contributed by atoms with Crippen molar-refractivity contribution in [1.82, 2.24) is 0 Å². The summed E-state index contributed by atoms with van der Waals surface area (Å²) in [6.07, 6.45) is -6.47. The Bertz CT molecular complexity index is 1240. The van der Waals surface area contributed by atoms with Gasteiger partial charge in [-0.1, -0.05) is 0 Å². The summed E-state index contributed by atoms with van der Waals surface area (Å²) in [7, 11) is 0. The average molecular weight is 509 g/mol. The van der Waals surface area contributed by atoms with E-state index in [9.17, 15) is 27.5 Å². The lowest BCUT2D eigenvalue weighted by atomic mass is 10.0. The summed E-state index contributed by atoms with van der Waals surface area (Å²) in [6.45, 7) is 3.18. The molecule has 4 rings (SSSR count). The number of hydrogen-bond donors (Lipinski definition) is 1. The van der Waals surface area contributed by atoms with Crippen LogP contribution in [-0.4, -0.2) is 47.1 Å². The third-order valence-electron chi connectivity index (χ3n) is 5.81. The number of aliphatic hydroxyl groups is 1. The van der Waals surface area contributed by atoms with E-state index in [-0.39, 0.29) is 35.5 Å². The molecule has 35 heavy (non-hydrogen) atoms. The maximum absolute atomic E-state index is 14.9. The van der Waals surface area contributed by atoms with Crippen molar-refractivity contribution >= 4 is 34.6 Å². The second kappa shape index (κ2) is 8.75. The van der Waals surface area contributed by atoms with Crippen molar-refractivity contribution in [2.45, 2.75) is 37.8 Å². The van der Waals surface area contributed by atoms with Crippen LogP contribution in [0.3, 0.4) is 0 Å². The zero-order valence-corrected chi connectivity index (χ0v) is 19.3. The highest BCUT2D eigenvalue weighted by Crippen LogP contribution is 2.40. The highest BCUT2D eigenvalue weighted by Gasteiger charge is 2.51. The average Bonchev–Trinajstić information content (AvgIpc) is 3.26. The minimum absolute atomic E-state index is 0.0734. The molecule has 0 spiro atoms. The first kappa shape index (κ1) is 24.8. The van der Waals surface area contributed by atoms with E-state index in [1.165, 1.54) is 43.0 Å². The van der Waals surface area contributed by atoms with Crippen LogP contribution in [0.4, 0.5) is 28.9 Å². The van der Waals surface area contributed by atoms with Crippen LogP contribution in [0.5, 0.6) is 5.75 Å². The van der Waals surface area contributed by atoms with Gasteiger partial charge in [0.1, 0.15) is 11.6 Å². The Morgan fingerprint density at radius 3 is 2.46 bits per heavy atom. The molecule has 2 saturated heterocycles. The van der Waals surface area contributed by atoms with Gasteiger partial charge in [0.15, 0.2) is 22.8 Å². The van der Waals surface area contributed by atoms with Gasteiger partial charge in [-0.05, 0) is 56.4 Å². The molecular formula is C23H19F4N3O4S. The lowest BCUT2D eigenvalue weighted by Crippen LogP contribution is -2.44. The Balaban J connectivity index is 1.68. The number of nitriles is 1. The van der Waals surface area contributed by atoms with Crippen LogP contribution in [0.1, 0.15) is 25.0 Å². The Kier molecular flexibility index (Phi) is 6.21. The van der Waals surface area contributed by atoms with Gasteiger partial charge < -0.3 is 19.5 Å². The molecule has 0 aromatic heterocycles. The van der Waals surface area contributed by atoms with Gasteiger partial charge in [-0.15, -0.1) is 0 Å². The van der Waals surface area contributed by atoms with Gasteiger partial charge in [0, 0.05) is 11.8 Å². The van der Waals surface area contributed by atoms with Crippen molar-refractivity contribution in [3.05, 3.63) is 53.3 Å². The van der Waals surface area contributed by atoms with Gasteiger partial charge in [0.2, 0.25) is 0 Å². The molecule has 2 aliphatic rings. The van der Waals surface area contributed by atoms with Crippen molar-refractivity contribution < 1.29 is 36.9 Å². The van der Waals surface area contributed by atoms with Gasteiger partial charge >= 0.3 is 6.18 Å². The third kappa shape index (κ3) is 4.31. The fourth-order valence-corrected chi connectivity index (χ4v) is 4.50. The standard InChI is InChI=1S/C23H19F4N3O4S/c1-22(2)20(32)29(13-4-3-12(9-28)15(7-13)23(25,26)27)21(35)30(22)14-5-6-18(16(24)8-14)34-19-11-33-10-17(19)31/h3-8,17,19,31H,10-11H2,1-2H3/t17-,19-/m0/s1. The summed E-state index contributed by atoms with van der Waals surface area (Å²) in [5, 5.41) is 18.7. The molecule has 0 bridgehead atoms. The van der Waals surface area contributed by atoms with E-state index < -0.39 is 46.8 Å². The molecule has 2 atom stereocenters. The summed E-state index contributed by atoms with van der Waals surface area (Å²) >= 11 is 5.44. The molecule has 7 nitrogen and oxygen atoms in total. The van der Waals surface area contributed by atoms with Crippen LogP contribution in [0.15, 0.2) is 36.4 Å². The van der Waals surface area contributed by atoms with Crippen LogP contribution in [0, 0.1) is 17.1 Å². The largest absolute Gasteiger partial charge is 0.482 e. The molecule has 2 aliphatic heterocycles. The molecule has 0 aliphatic carbocycles. The van der Waals surface area contributed by atoms with Crippen molar-refractivity contribution in [3.63, 3.8) is 0 Å². The van der Waals surface area contributed by atoms with Crippen LogP contribution in [0.25, 0.3) is 0 Å². The van der Waals surface area contributed by atoms with Gasteiger partial charge in [-0.2, -0.15) is 18.4 Å². The number of nitrogens with zero attached hydrogens (tertiary/aromatic N) is 3. The molecule has 0 unspecified atom stereocenters. The number of rotatable bonds is 4. The van der Waals surface area contributed by atoms with Crippen molar-refractivity contribution in [1.29, 1.82) is 5.26 Å². The van der Waals surface area contributed by atoms with Gasteiger partial charge in [-0.3, -0.25) is 9.69 Å². The Morgan fingerprint density at radius 1 is 1.20 bits per heavy atom. The molecule has 0 radical (unpaired) electrons. The van der Waals surface area contributed by atoms with E-state index in [2.05, 4.69) is 0 Å². The number of carbonyl (C=O) groups is 1. The number of amides is 1. The predicted octanol–water partition coefficient (Wildman–Crippen LogP) is 3.77. The van der Waals surface area contributed by atoms with Gasteiger partial charge in [-0.25, -0.2) is 4.39 Å². The third-order valence-corrected chi connectivity index (χ3v) is 6.17. The minimum atomic E-state index is -4.82. The molecule has 12 heteroatoms. The summed E-state index contributed by atoms with van der Waals surface area (Å²) < 4.78 is 65.8. The lowest BCUT2D eigenvalue weighted by Gasteiger charge is -2.29. The first-order valence-corrected chi connectivity index (χ1v) is 10.8. The molecule has 1 amide bonds. The highest BCUT2D eigenvalue weighted by atomic mass is 32.1. The Labute approximate surface area is 203 Å². The number of halogens is 4. The zero-order valence-electron chi connectivity index (χ0n) is 18.5. The van der Waals surface area contributed by atoms with Crippen LogP contribution < -0.4 is 14.5 Å². The number of benzene rings is 2. The molecule has 184 valence electrons. The summed E-state index contributed by atoms with van der Waals surface area (Å²) in [5.74, 6) is -1.56. The number of ether oxygens (including phenoxy) is 2. The molecular weight excluding hydrogens is 490 g/mol. The Hall–Kier alpha value is -3.27. The van der Waals surface area contributed by atoms with E-state index in [1.807, 2.05) is 0 Å². The fourth-order valence-electron chi connectivity index (χ4n) is 3.98. The van der Waals surface area contributed by atoms with E-state index in [0.717, 1.165) is 17.0 Å². The topological polar surface area (TPSA) is 86.0 Å². The summed E-state index contributed by atoms with van der Waals surface area (Å²) in [4.78, 5) is 15.5. The fraction of sp³-hybridized carbons (Fsp3) is 0.348. The van der Waals surface area contributed by atoms with Crippen molar-refractivity contribution in [2.24, 2.45) is 0 Å². The number of alkyl halides is 3. The maximum atomic E-state index is 14.9. The van der Waals surface area contributed by atoms with Crippen LogP contribution in [0.2, 0.25) is 0 Å². The predicted molar refractivity (Wildman–Crippen MR) is 120 cm³/mol. The summed E-state index contributed by atoms with van der Waals surface area (Å²) in [5.41, 5.74) is -3.15. The minimum Gasteiger partial charge on any atom is -0.482 e. The smallest absolute Gasteiger partial charge is 0.417 e. The van der Waals surface area contributed by atoms with Crippen molar-refractivity contribution in [2.75, 3.05) is 23.0 Å². The quantitative estimate of drug-likeness (QED) is 0.496. The SMILES string of the molecule is CC1(C)C(=O)N(c2ccc(C#N)c(C(F)(F)F)c2)C(=S)N1c1ccc(O[C@H]2COC[C@@H]2O)c(F)c1. The molecule has 0 saturated carbocycles. The molecule has 2 aromatic carbocycles. The van der Waals surface area contributed by atoms with Gasteiger partial charge in [0.25, 0.3) is 5.91 Å². The first-order valence-electron chi connectivity index (χ1n) is 10.4. The van der Waals surface area contributed by atoms with Crippen molar-refractivity contribution in [3.8, 4) is 11.8 Å². The second-order valence-electron chi connectivity index (χ2n) is 8.53. The van der Waals surface area contributed by atoms with Crippen LogP contribution in [-0.2, 0) is 15.7 Å². The van der Waals surface area contributed by atoms with E-state index in [1.54, 1.807) is 0 Å². The number of hydrogen-bond acceptors (Lipinski definition) is 6.